The van der Waals surface area contributed by atoms with Crippen molar-refractivity contribution < 1.29 is 8.83 Å². The fourth-order valence-corrected chi connectivity index (χ4v) is 8.91. The minimum absolute atomic E-state index is 0.962. The molecule has 0 saturated heterocycles. The van der Waals surface area contributed by atoms with Crippen molar-refractivity contribution in [2.24, 2.45) is 0 Å². The summed E-state index contributed by atoms with van der Waals surface area (Å²) in [6.45, 7) is 40.0. The molecule has 0 aliphatic carbocycles. The van der Waals surface area contributed by atoms with Crippen LogP contribution >= 0.6 is 22.7 Å². The highest BCUT2D eigenvalue weighted by Gasteiger charge is 2.05. The second-order valence-corrected chi connectivity index (χ2v) is 14.5. The maximum absolute atomic E-state index is 5.65. The van der Waals surface area contributed by atoms with Crippen LogP contribution in [0.3, 0.4) is 0 Å². The van der Waals surface area contributed by atoms with Crippen molar-refractivity contribution in [2.75, 3.05) is 0 Å². The second-order valence-electron chi connectivity index (χ2n) is 12.4. The first-order valence-electron chi connectivity index (χ1n) is 27.3. The highest BCUT2D eigenvalue weighted by Crippen LogP contribution is 2.34. The van der Waals surface area contributed by atoms with Gasteiger partial charge in [-0.15, -0.1) is 22.7 Å². The first-order chi connectivity index (χ1) is 35.8. The Bertz CT molecular complexity index is 2480. The van der Waals surface area contributed by atoms with Crippen LogP contribution in [0.4, 0.5) is 0 Å². The maximum atomic E-state index is 5.65. The van der Waals surface area contributed by atoms with Gasteiger partial charge in [-0.05, 0) is 48.5 Å². The molecule has 0 unspecified atom stereocenters. The summed E-state index contributed by atoms with van der Waals surface area (Å²) in [4.78, 5) is 0. The van der Waals surface area contributed by atoms with Crippen LogP contribution in [-0.2, 0) is 0 Å². The number of fused-ring (bicyclic) bond motifs is 12. The van der Waals surface area contributed by atoms with Crippen LogP contribution in [0.2, 0.25) is 0 Å². The summed E-state index contributed by atoms with van der Waals surface area (Å²) in [6, 6.07) is 66.7. The molecule has 0 N–H and O–H groups in total. The smallest absolute Gasteiger partial charge is 0.135 e. The average Bonchev–Trinajstić information content (AvgIpc) is 4.29. The van der Waals surface area contributed by atoms with Gasteiger partial charge in [-0.1, -0.05) is 284 Å². The molecule has 4 heterocycles. The Morgan fingerprint density at radius 2 is 0.319 bits per heavy atom. The zero-order chi connectivity index (χ0) is 54.7. The van der Waals surface area contributed by atoms with Crippen LogP contribution in [0.25, 0.3) is 84.2 Å². The topological polar surface area (TPSA) is 26.3 Å². The summed E-state index contributed by atoms with van der Waals surface area (Å²) in [7, 11) is 0. The van der Waals surface area contributed by atoms with E-state index in [-0.39, 0.29) is 0 Å². The molecular weight excluding hydrogens is 913 g/mol. The van der Waals surface area contributed by atoms with Crippen molar-refractivity contribution in [3.63, 3.8) is 0 Å². The predicted molar refractivity (Wildman–Crippen MR) is 340 cm³/mol. The van der Waals surface area contributed by atoms with E-state index in [9.17, 15) is 0 Å². The summed E-state index contributed by atoms with van der Waals surface area (Å²) < 4.78 is 16.8. The standard InChI is InChI=1S/2C12H8O.2C12H8S.10C2H6/c4*1-3-7-11-9(5-1)10-6-2-4-8-12(10)13-11;10*1-2/h4*1-8H;10*1-2H3. The number of hydrogen-bond acceptors (Lipinski definition) is 4. The Hall–Kier alpha value is -6.20. The molecular formula is C68H92O2S2. The van der Waals surface area contributed by atoms with Crippen molar-refractivity contribution in [3.8, 4) is 0 Å². The Balaban J connectivity index is 0. The molecule has 0 radical (unpaired) electrons. The second kappa shape index (κ2) is 43.6. The Kier molecular flexibility index (Phi) is 41.1. The van der Waals surface area contributed by atoms with Gasteiger partial charge in [0.25, 0.3) is 0 Å². The highest BCUT2D eigenvalue weighted by atomic mass is 32.1. The lowest BCUT2D eigenvalue weighted by atomic mass is 10.2. The number of hydrogen-bond donors (Lipinski definition) is 0. The molecule has 0 spiro atoms. The number of benzene rings is 8. The van der Waals surface area contributed by atoms with Gasteiger partial charge in [0.2, 0.25) is 0 Å². The zero-order valence-electron chi connectivity index (χ0n) is 48.1. The minimum atomic E-state index is 0.962. The Labute approximate surface area is 445 Å². The molecule has 12 rings (SSSR count). The predicted octanol–water partition coefficient (Wildman–Crippen LogP) is 25.5. The van der Waals surface area contributed by atoms with E-state index in [1.807, 2.05) is 234 Å². The molecule has 72 heavy (non-hydrogen) atoms. The van der Waals surface area contributed by atoms with Gasteiger partial charge in [0.05, 0.1) is 0 Å². The van der Waals surface area contributed by atoms with E-state index in [4.69, 9.17) is 8.83 Å². The molecule has 0 amide bonds. The monoisotopic (exact) mass is 1000 g/mol. The summed E-state index contributed by atoms with van der Waals surface area (Å²) in [5.74, 6) is 0. The third kappa shape index (κ3) is 19.4. The first kappa shape index (κ1) is 67.9. The summed E-state index contributed by atoms with van der Waals surface area (Å²) >= 11 is 3.72. The van der Waals surface area contributed by atoms with Crippen LogP contribution in [-0.4, -0.2) is 0 Å². The van der Waals surface area contributed by atoms with Gasteiger partial charge in [0, 0.05) is 61.9 Å². The van der Waals surface area contributed by atoms with Gasteiger partial charge < -0.3 is 8.83 Å². The van der Waals surface area contributed by atoms with Gasteiger partial charge in [-0.25, -0.2) is 0 Å². The normalized spacial score (nSPS) is 8.83. The van der Waals surface area contributed by atoms with E-state index in [0.29, 0.717) is 0 Å². The quantitative estimate of drug-likeness (QED) is 0.151. The van der Waals surface area contributed by atoms with Crippen LogP contribution in [0.1, 0.15) is 138 Å². The van der Waals surface area contributed by atoms with E-state index in [0.717, 1.165) is 22.3 Å². The fraction of sp³-hybridized carbons (Fsp3) is 0.294. The molecule has 0 fully saturated rings. The lowest BCUT2D eigenvalue weighted by Gasteiger charge is -1.88. The molecule has 8 aromatic carbocycles. The van der Waals surface area contributed by atoms with Crippen molar-refractivity contribution in [1.29, 1.82) is 0 Å². The number of para-hydroxylation sites is 4. The molecule has 4 heteroatoms. The molecule has 0 bridgehead atoms. The number of rotatable bonds is 0. The van der Waals surface area contributed by atoms with Gasteiger partial charge in [-0.2, -0.15) is 0 Å². The van der Waals surface area contributed by atoms with E-state index in [1.54, 1.807) is 0 Å². The van der Waals surface area contributed by atoms with Crippen molar-refractivity contribution in [3.05, 3.63) is 194 Å². The Morgan fingerprint density at radius 1 is 0.181 bits per heavy atom. The van der Waals surface area contributed by atoms with Gasteiger partial charge in [0.1, 0.15) is 22.3 Å². The van der Waals surface area contributed by atoms with E-state index >= 15 is 0 Å². The van der Waals surface area contributed by atoms with Crippen molar-refractivity contribution in [2.45, 2.75) is 138 Å². The van der Waals surface area contributed by atoms with E-state index < -0.39 is 0 Å². The van der Waals surface area contributed by atoms with Gasteiger partial charge in [-0.3, -0.25) is 0 Å². The summed E-state index contributed by atoms with van der Waals surface area (Å²) in [6.07, 6.45) is 0. The van der Waals surface area contributed by atoms with Crippen molar-refractivity contribution in [1.82, 2.24) is 0 Å². The molecule has 2 nitrogen and oxygen atoms in total. The lowest BCUT2D eigenvalue weighted by molar-refractivity contribution is 0.668. The van der Waals surface area contributed by atoms with E-state index in [2.05, 4.69) is 121 Å². The minimum Gasteiger partial charge on any atom is -0.456 e. The Morgan fingerprint density at radius 3 is 0.500 bits per heavy atom. The summed E-state index contributed by atoms with van der Waals surface area (Å²) in [5.41, 5.74) is 3.85. The third-order valence-electron chi connectivity index (χ3n) is 9.14. The largest absolute Gasteiger partial charge is 0.456 e. The lowest BCUT2D eigenvalue weighted by Crippen LogP contribution is -1.62. The number of thiophene rings is 2. The third-order valence-corrected chi connectivity index (χ3v) is 11.4. The van der Waals surface area contributed by atoms with Crippen molar-refractivity contribution >= 4 is 107 Å². The molecule has 388 valence electrons. The summed E-state index contributed by atoms with van der Waals surface area (Å²) in [5, 5.41) is 10.3. The molecule has 12 aromatic rings. The van der Waals surface area contributed by atoms with Gasteiger partial charge >= 0.3 is 0 Å². The molecule has 0 saturated carbocycles. The highest BCUT2D eigenvalue weighted by molar-refractivity contribution is 7.26. The van der Waals surface area contributed by atoms with Crippen LogP contribution in [0.5, 0.6) is 0 Å². The first-order valence-corrected chi connectivity index (χ1v) is 28.9. The zero-order valence-corrected chi connectivity index (χ0v) is 49.7. The molecule has 0 aliphatic heterocycles. The van der Waals surface area contributed by atoms with Crippen LogP contribution in [0, 0.1) is 0 Å². The van der Waals surface area contributed by atoms with Crippen LogP contribution in [0.15, 0.2) is 203 Å². The molecule has 0 atom stereocenters. The maximum Gasteiger partial charge on any atom is 0.135 e. The SMILES string of the molecule is CC.CC.CC.CC.CC.CC.CC.CC.CC.CC.c1ccc2c(c1)oc1ccccc12.c1ccc2c(c1)oc1ccccc12.c1ccc2c(c1)sc1ccccc12.c1ccc2c(c1)sc1ccccc12. The van der Waals surface area contributed by atoms with E-state index in [1.165, 1.54) is 61.9 Å². The fourth-order valence-electron chi connectivity index (χ4n) is 6.70. The molecule has 0 aliphatic rings. The van der Waals surface area contributed by atoms with Crippen LogP contribution < -0.4 is 0 Å². The van der Waals surface area contributed by atoms with Gasteiger partial charge in [0.15, 0.2) is 0 Å². The molecule has 4 aromatic heterocycles. The number of furan rings is 2. The average molecular weight is 1010 g/mol.